The van der Waals surface area contributed by atoms with E-state index < -0.39 is 0 Å². The van der Waals surface area contributed by atoms with Crippen LogP contribution in [0, 0.1) is 6.92 Å². The van der Waals surface area contributed by atoms with Crippen LogP contribution in [0.3, 0.4) is 0 Å². The number of aryl methyl sites for hydroxylation is 1. The molecular weight excluding hydrogens is 290 g/mol. The van der Waals surface area contributed by atoms with Gasteiger partial charge >= 0.3 is 0 Å². The van der Waals surface area contributed by atoms with Gasteiger partial charge in [-0.25, -0.2) is 4.98 Å². The van der Waals surface area contributed by atoms with Crippen molar-refractivity contribution in [1.82, 2.24) is 14.9 Å². The van der Waals surface area contributed by atoms with E-state index in [0.29, 0.717) is 24.3 Å². The van der Waals surface area contributed by atoms with Crippen LogP contribution in [0.2, 0.25) is 0 Å². The summed E-state index contributed by atoms with van der Waals surface area (Å²) in [5.41, 5.74) is 1.18. The maximum absolute atomic E-state index is 12.2. The standard InChI is InChI=1S/C18H17N3O2/c1-13-10-17(22)21(12-20-13)9-8-19-18(23)16-7-6-14-4-2-3-5-15(14)11-16/h2-7,10-12H,8-9H2,1H3,(H,19,23). The third-order valence-corrected chi connectivity index (χ3v) is 3.67. The predicted octanol–water partition coefficient (Wildman–Crippen LogP) is 2.13. The number of amides is 1. The van der Waals surface area contributed by atoms with Crippen molar-refractivity contribution in [2.45, 2.75) is 13.5 Å². The molecular formula is C18H17N3O2. The van der Waals surface area contributed by atoms with E-state index >= 15 is 0 Å². The number of nitrogens with one attached hydrogen (secondary N) is 1. The van der Waals surface area contributed by atoms with Gasteiger partial charge in [0.1, 0.15) is 0 Å². The molecule has 5 nitrogen and oxygen atoms in total. The fourth-order valence-corrected chi connectivity index (χ4v) is 2.41. The molecule has 0 bridgehead atoms. The Morgan fingerprint density at radius 1 is 1.13 bits per heavy atom. The van der Waals surface area contributed by atoms with Crippen LogP contribution in [0.4, 0.5) is 0 Å². The summed E-state index contributed by atoms with van der Waals surface area (Å²) in [4.78, 5) is 28.0. The topological polar surface area (TPSA) is 64.0 Å². The second-order valence-electron chi connectivity index (χ2n) is 5.38. The molecule has 5 heteroatoms. The Hall–Kier alpha value is -2.95. The van der Waals surface area contributed by atoms with Crippen molar-refractivity contribution in [2.75, 3.05) is 6.54 Å². The molecule has 0 unspecified atom stereocenters. The van der Waals surface area contributed by atoms with Crippen molar-refractivity contribution in [2.24, 2.45) is 0 Å². The average molecular weight is 307 g/mol. The fourth-order valence-electron chi connectivity index (χ4n) is 2.41. The normalized spacial score (nSPS) is 10.7. The highest BCUT2D eigenvalue weighted by atomic mass is 16.1. The lowest BCUT2D eigenvalue weighted by atomic mass is 10.1. The lowest BCUT2D eigenvalue weighted by molar-refractivity contribution is 0.0952. The molecule has 0 aliphatic heterocycles. The zero-order valence-corrected chi connectivity index (χ0v) is 12.8. The van der Waals surface area contributed by atoms with Gasteiger partial charge in [-0.15, -0.1) is 0 Å². The summed E-state index contributed by atoms with van der Waals surface area (Å²) >= 11 is 0. The summed E-state index contributed by atoms with van der Waals surface area (Å²) in [7, 11) is 0. The van der Waals surface area contributed by atoms with Gasteiger partial charge in [0.05, 0.1) is 6.33 Å². The Bertz CT molecular complexity index is 915. The number of hydrogen-bond donors (Lipinski definition) is 1. The molecule has 0 aliphatic carbocycles. The first kappa shape index (κ1) is 15.0. The third-order valence-electron chi connectivity index (χ3n) is 3.67. The SMILES string of the molecule is Cc1cc(=O)n(CCNC(=O)c2ccc3ccccc3c2)cn1. The molecule has 1 heterocycles. The summed E-state index contributed by atoms with van der Waals surface area (Å²) < 4.78 is 1.48. The van der Waals surface area contributed by atoms with Crippen LogP contribution >= 0.6 is 0 Å². The molecule has 0 aliphatic rings. The summed E-state index contributed by atoms with van der Waals surface area (Å²) in [6.07, 6.45) is 1.50. The first-order chi connectivity index (χ1) is 11.1. The van der Waals surface area contributed by atoms with Gasteiger partial charge in [0.25, 0.3) is 11.5 Å². The molecule has 0 spiro atoms. The second-order valence-corrected chi connectivity index (χ2v) is 5.38. The highest BCUT2D eigenvalue weighted by molar-refractivity contribution is 5.98. The number of carbonyl (C=O) groups is 1. The molecule has 3 aromatic rings. The molecule has 23 heavy (non-hydrogen) atoms. The molecule has 1 aromatic heterocycles. The minimum absolute atomic E-state index is 0.113. The van der Waals surface area contributed by atoms with Gasteiger partial charge < -0.3 is 5.32 Å². The van der Waals surface area contributed by atoms with Crippen LogP contribution in [0.25, 0.3) is 10.8 Å². The monoisotopic (exact) mass is 307 g/mol. The van der Waals surface area contributed by atoms with Crippen LogP contribution < -0.4 is 10.9 Å². The highest BCUT2D eigenvalue weighted by Crippen LogP contribution is 2.15. The summed E-state index contributed by atoms with van der Waals surface area (Å²) in [6.45, 7) is 2.54. The van der Waals surface area contributed by atoms with Gasteiger partial charge in [-0.2, -0.15) is 0 Å². The Balaban J connectivity index is 1.65. The Morgan fingerprint density at radius 3 is 2.70 bits per heavy atom. The molecule has 1 N–H and O–H groups in total. The number of carbonyl (C=O) groups excluding carboxylic acids is 1. The van der Waals surface area contributed by atoms with Crippen LogP contribution in [0.5, 0.6) is 0 Å². The number of benzene rings is 2. The van der Waals surface area contributed by atoms with Crippen LogP contribution in [0.15, 0.2) is 59.7 Å². The van der Waals surface area contributed by atoms with Crippen molar-refractivity contribution in [3.8, 4) is 0 Å². The van der Waals surface area contributed by atoms with Crippen molar-refractivity contribution in [3.05, 3.63) is 76.5 Å². The third kappa shape index (κ3) is 3.45. The molecule has 0 saturated heterocycles. The van der Waals surface area contributed by atoms with Crippen LogP contribution in [-0.4, -0.2) is 22.0 Å². The lowest BCUT2D eigenvalue weighted by Crippen LogP contribution is -2.30. The van der Waals surface area contributed by atoms with E-state index in [9.17, 15) is 9.59 Å². The first-order valence-electron chi connectivity index (χ1n) is 7.43. The van der Waals surface area contributed by atoms with E-state index in [0.717, 1.165) is 10.8 Å². The van der Waals surface area contributed by atoms with Gasteiger partial charge in [-0.3, -0.25) is 14.2 Å². The average Bonchev–Trinajstić information content (AvgIpc) is 2.56. The zero-order valence-electron chi connectivity index (χ0n) is 12.8. The van der Waals surface area contributed by atoms with Crippen molar-refractivity contribution in [1.29, 1.82) is 0 Å². The molecule has 0 fully saturated rings. The summed E-state index contributed by atoms with van der Waals surface area (Å²) in [6, 6.07) is 15.0. The van der Waals surface area contributed by atoms with Gasteiger partial charge in [0.2, 0.25) is 0 Å². The smallest absolute Gasteiger partial charge is 0.253 e. The van der Waals surface area contributed by atoms with Crippen molar-refractivity contribution < 1.29 is 4.79 Å². The van der Waals surface area contributed by atoms with E-state index in [1.54, 1.807) is 13.0 Å². The van der Waals surface area contributed by atoms with E-state index in [-0.39, 0.29) is 11.5 Å². The maximum atomic E-state index is 12.2. The van der Waals surface area contributed by atoms with Gasteiger partial charge in [-0.1, -0.05) is 30.3 Å². The molecule has 0 radical (unpaired) electrons. The largest absolute Gasteiger partial charge is 0.350 e. The number of rotatable bonds is 4. The van der Waals surface area contributed by atoms with E-state index in [2.05, 4.69) is 10.3 Å². The first-order valence-corrected chi connectivity index (χ1v) is 7.43. The summed E-state index contributed by atoms with van der Waals surface area (Å²) in [5, 5.41) is 4.95. The van der Waals surface area contributed by atoms with Gasteiger partial charge in [-0.05, 0) is 29.8 Å². The number of hydrogen-bond acceptors (Lipinski definition) is 3. The van der Waals surface area contributed by atoms with Gasteiger partial charge in [0, 0.05) is 30.4 Å². The van der Waals surface area contributed by atoms with Crippen LogP contribution in [-0.2, 0) is 6.54 Å². The Labute approximate surface area is 133 Å². The highest BCUT2D eigenvalue weighted by Gasteiger charge is 2.06. The Morgan fingerprint density at radius 2 is 1.91 bits per heavy atom. The molecule has 2 aromatic carbocycles. The molecule has 0 saturated carbocycles. The number of nitrogens with zero attached hydrogens (tertiary/aromatic N) is 2. The second kappa shape index (κ2) is 6.44. The van der Waals surface area contributed by atoms with Gasteiger partial charge in [0.15, 0.2) is 0 Å². The molecule has 1 amide bonds. The molecule has 3 rings (SSSR count). The van der Waals surface area contributed by atoms with E-state index in [4.69, 9.17) is 0 Å². The van der Waals surface area contributed by atoms with Crippen molar-refractivity contribution >= 4 is 16.7 Å². The number of aromatic nitrogens is 2. The fraction of sp³-hybridized carbons (Fsp3) is 0.167. The lowest BCUT2D eigenvalue weighted by Gasteiger charge is -2.08. The maximum Gasteiger partial charge on any atom is 0.253 e. The quantitative estimate of drug-likeness (QED) is 0.803. The van der Waals surface area contributed by atoms with E-state index in [1.807, 2.05) is 36.4 Å². The van der Waals surface area contributed by atoms with Crippen molar-refractivity contribution in [3.63, 3.8) is 0 Å². The van der Waals surface area contributed by atoms with Crippen LogP contribution in [0.1, 0.15) is 16.1 Å². The number of fused-ring (bicyclic) bond motifs is 1. The zero-order chi connectivity index (χ0) is 16.2. The molecule has 116 valence electrons. The predicted molar refractivity (Wildman–Crippen MR) is 89.5 cm³/mol. The minimum Gasteiger partial charge on any atom is -0.350 e. The van der Waals surface area contributed by atoms with E-state index in [1.165, 1.54) is 17.0 Å². The Kier molecular flexibility index (Phi) is 4.19. The summed E-state index contributed by atoms with van der Waals surface area (Å²) in [5.74, 6) is -0.149. The molecule has 0 atom stereocenters. The minimum atomic E-state index is -0.149.